The van der Waals surface area contributed by atoms with Gasteiger partial charge in [-0.2, -0.15) is 0 Å². The third-order valence-electron chi connectivity index (χ3n) is 3.44. The Morgan fingerprint density at radius 3 is 2.82 bits per heavy atom. The lowest BCUT2D eigenvalue weighted by molar-refractivity contribution is 0.414. The smallest absolute Gasteiger partial charge is 0.168 e. The van der Waals surface area contributed by atoms with E-state index in [1.807, 2.05) is 49.6 Å². The molecule has 0 atom stereocenters. The van der Waals surface area contributed by atoms with Crippen LogP contribution in [-0.4, -0.2) is 16.7 Å². The molecule has 111 valence electrons. The van der Waals surface area contributed by atoms with Gasteiger partial charge in [-0.3, -0.25) is 0 Å². The second-order valence-corrected chi connectivity index (χ2v) is 5.84. The highest BCUT2D eigenvalue weighted by molar-refractivity contribution is 7.98. The zero-order valence-electron chi connectivity index (χ0n) is 12.6. The quantitative estimate of drug-likeness (QED) is 0.661. The highest BCUT2D eigenvalue weighted by Gasteiger charge is 2.09. The summed E-state index contributed by atoms with van der Waals surface area (Å²) in [6, 6.07) is 19.3. The van der Waals surface area contributed by atoms with E-state index in [0.29, 0.717) is 0 Å². The highest BCUT2D eigenvalue weighted by atomic mass is 32.2. The van der Waals surface area contributed by atoms with Crippen LogP contribution in [0.4, 0.5) is 0 Å². The van der Waals surface area contributed by atoms with Crippen molar-refractivity contribution >= 4 is 11.8 Å². The molecule has 0 saturated carbocycles. The molecule has 0 aliphatic heterocycles. The third-order valence-corrected chi connectivity index (χ3v) is 4.53. The average Bonchev–Trinajstić information content (AvgIpc) is 2.95. The van der Waals surface area contributed by atoms with Gasteiger partial charge in [0, 0.05) is 12.8 Å². The van der Waals surface area contributed by atoms with Crippen molar-refractivity contribution < 1.29 is 4.74 Å². The maximum atomic E-state index is 5.24. The lowest BCUT2D eigenvalue weighted by Crippen LogP contribution is -1.94. The number of methoxy groups -OCH3 is 1. The van der Waals surface area contributed by atoms with E-state index in [-0.39, 0.29) is 0 Å². The second-order valence-electron chi connectivity index (χ2n) is 4.89. The van der Waals surface area contributed by atoms with Crippen molar-refractivity contribution in [3.63, 3.8) is 0 Å². The van der Waals surface area contributed by atoms with E-state index in [4.69, 9.17) is 4.74 Å². The van der Waals surface area contributed by atoms with Crippen LogP contribution in [0.2, 0.25) is 0 Å². The van der Waals surface area contributed by atoms with Gasteiger partial charge in [0.15, 0.2) is 5.16 Å². The van der Waals surface area contributed by atoms with Gasteiger partial charge >= 0.3 is 0 Å². The molecular weight excluding hydrogens is 292 g/mol. The third kappa shape index (κ3) is 3.17. The maximum Gasteiger partial charge on any atom is 0.168 e. The van der Waals surface area contributed by atoms with Crippen molar-refractivity contribution in [3.05, 3.63) is 66.4 Å². The number of nitrogens with zero attached hydrogens (tertiary/aromatic N) is 2. The van der Waals surface area contributed by atoms with Crippen molar-refractivity contribution in [3.8, 4) is 17.0 Å². The van der Waals surface area contributed by atoms with Crippen LogP contribution in [0.5, 0.6) is 5.75 Å². The molecule has 0 fully saturated rings. The number of thioether (sulfide) groups is 1. The van der Waals surface area contributed by atoms with Crippen LogP contribution in [0.1, 0.15) is 5.56 Å². The zero-order valence-corrected chi connectivity index (χ0v) is 13.4. The molecular formula is C18H17N2OS. The Labute approximate surface area is 135 Å². The number of rotatable bonds is 5. The summed E-state index contributed by atoms with van der Waals surface area (Å²) in [5, 5.41) is 0.995. The normalized spacial score (nSPS) is 10.6. The number of aromatic nitrogens is 2. The van der Waals surface area contributed by atoms with Gasteiger partial charge in [-0.1, -0.05) is 48.2 Å². The summed E-state index contributed by atoms with van der Waals surface area (Å²) in [5.74, 6) is 1.68. The molecule has 3 rings (SSSR count). The molecule has 2 aromatic carbocycles. The van der Waals surface area contributed by atoms with Gasteiger partial charge in [0.05, 0.1) is 19.0 Å². The first-order valence-corrected chi connectivity index (χ1v) is 8.01. The summed E-state index contributed by atoms with van der Waals surface area (Å²) in [6.07, 6.45) is 1.92. The van der Waals surface area contributed by atoms with E-state index in [1.54, 1.807) is 18.9 Å². The van der Waals surface area contributed by atoms with Gasteiger partial charge in [-0.15, -0.1) is 0 Å². The molecule has 0 unspecified atom stereocenters. The number of hydrogen-bond donors (Lipinski definition) is 0. The van der Waals surface area contributed by atoms with Crippen LogP contribution < -0.4 is 4.74 Å². The van der Waals surface area contributed by atoms with Crippen LogP contribution in [0.3, 0.4) is 0 Å². The monoisotopic (exact) mass is 309 g/mol. The molecule has 0 spiro atoms. The van der Waals surface area contributed by atoms with Gasteiger partial charge in [-0.25, -0.2) is 4.98 Å². The minimum Gasteiger partial charge on any atom is -0.497 e. The molecule has 3 aromatic rings. The lowest BCUT2D eigenvalue weighted by atomic mass is 10.2. The summed E-state index contributed by atoms with van der Waals surface area (Å²) in [5.41, 5.74) is 3.41. The fraction of sp³-hybridized carbons (Fsp3) is 0.167. The average molecular weight is 309 g/mol. The zero-order chi connectivity index (χ0) is 15.4. The minimum absolute atomic E-state index is 0.816. The van der Waals surface area contributed by atoms with E-state index in [0.717, 1.165) is 27.9 Å². The van der Waals surface area contributed by atoms with Gasteiger partial charge in [-0.05, 0) is 29.3 Å². The SMILES string of the molecule is COc1cc[c]c(CSc2ncc(-c3ccccc3)n2C)c1. The first-order valence-electron chi connectivity index (χ1n) is 7.02. The van der Waals surface area contributed by atoms with Crippen molar-refractivity contribution in [1.82, 2.24) is 9.55 Å². The Kier molecular flexibility index (Phi) is 4.49. The molecule has 0 saturated heterocycles. The van der Waals surface area contributed by atoms with Gasteiger partial charge in [0.25, 0.3) is 0 Å². The number of imidazole rings is 1. The largest absolute Gasteiger partial charge is 0.497 e. The van der Waals surface area contributed by atoms with E-state index < -0.39 is 0 Å². The van der Waals surface area contributed by atoms with Gasteiger partial charge in [0.2, 0.25) is 0 Å². The highest BCUT2D eigenvalue weighted by Crippen LogP contribution is 2.27. The standard InChI is InChI=1S/C18H17N2OS/c1-20-17(15-8-4-3-5-9-15)12-19-18(20)22-13-14-7-6-10-16(11-14)21-2/h3-6,8-12H,13H2,1-2H3. The van der Waals surface area contributed by atoms with Crippen molar-refractivity contribution in [2.75, 3.05) is 7.11 Å². The van der Waals surface area contributed by atoms with E-state index in [9.17, 15) is 0 Å². The fourth-order valence-corrected chi connectivity index (χ4v) is 3.12. The Bertz CT molecular complexity index is 753. The van der Waals surface area contributed by atoms with Crippen molar-refractivity contribution in [2.45, 2.75) is 10.9 Å². The van der Waals surface area contributed by atoms with Crippen LogP contribution in [0, 0.1) is 6.07 Å². The van der Waals surface area contributed by atoms with Crippen LogP contribution >= 0.6 is 11.8 Å². The summed E-state index contributed by atoms with van der Waals surface area (Å²) in [7, 11) is 3.73. The summed E-state index contributed by atoms with van der Waals surface area (Å²) < 4.78 is 7.37. The molecule has 0 N–H and O–H groups in total. The number of hydrogen-bond acceptors (Lipinski definition) is 3. The van der Waals surface area contributed by atoms with Crippen LogP contribution in [0.25, 0.3) is 11.3 Å². The lowest BCUT2D eigenvalue weighted by Gasteiger charge is -2.06. The van der Waals surface area contributed by atoms with Crippen molar-refractivity contribution in [1.29, 1.82) is 0 Å². The molecule has 0 aliphatic carbocycles. The Morgan fingerprint density at radius 1 is 1.23 bits per heavy atom. The molecule has 0 amide bonds. The Morgan fingerprint density at radius 2 is 2.05 bits per heavy atom. The predicted octanol–water partition coefficient (Wildman–Crippen LogP) is 4.19. The van der Waals surface area contributed by atoms with E-state index in [1.165, 1.54) is 5.56 Å². The molecule has 1 radical (unpaired) electrons. The van der Waals surface area contributed by atoms with Gasteiger partial charge in [0.1, 0.15) is 5.75 Å². The number of benzene rings is 2. The molecule has 1 heterocycles. The van der Waals surface area contributed by atoms with Crippen molar-refractivity contribution in [2.24, 2.45) is 7.05 Å². The Hall–Kier alpha value is -2.20. The fourth-order valence-electron chi connectivity index (χ4n) is 2.25. The number of ether oxygens (including phenoxy) is 1. The summed E-state index contributed by atoms with van der Waals surface area (Å²) >= 11 is 1.70. The maximum absolute atomic E-state index is 5.24. The first-order chi connectivity index (χ1) is 10.8. The molecule has 4 heteroatoms. The molecule has 3 nitrogen and oxygen atoms in total. The molecule has 0 aliphatic rings. The Balaban J connectivity index is 1.75. The van der Waals surface area contributed by atoms with Gasteiger partial charge < -0.3 is 9.30 Å². The van der Waals surface area contributed by atoms with E-state index >= 15 is 0 Å². The summed E-state index contributed by atoms with van der Waals surface area (Å²) in [4.78, 5) is 4.53. The van der Waals surface area contributed by atoms with Crippen LogP contribution in [0.15, 0.2) is 59.9 Å². The van der Waals surface area contributed by atoms with E-state index in [2.05, 4.69) is 27.8 Å². The first kappa shape index (κ1) is 14.7. The topological polar surface area (TPSA) is 27.1 Å². The molecule has 22 heavy (non-hydrogen) atoms. The minimum atomic E-state index is 0.816. The second kappa shape index (κ2) is 6.71. The summed E-state index contributed by atoms with van der Waals surface area (Å²) in [6.45, 7) is 0. The molecule has 0 bridgehead atoms. The molecule has 1 aromatic heterocycles. The van der Waals surface area contributed by atoms with Crippen LogP contribution in [-0.2, 0) is 12.8 Å². The predicted molar refractivity (Wildman–Crippen MR) is 90.0 cm³/mol.